The molecule has 0 atom stereocenters. The first-order chi connectivity index (χ1) is 7.35. The van der Waals surface area contributed by atoms with Gasteiger partial charge in [-0.25, -0.2) is 0 Å². The van der Waals surface area contributed by atoms with E-state index in [0.29, 0.717) is 0 Å². The average Bonchev–Trinajstić information content (AvgIpc) is 2.16. The number of phenols is 1. The lowest BCUT2D eigenvalue weighted by Gasteiger charge is -2.19. The van der Waals surface area contributed by atoms with Crippen molar-refractivity contribution in [2.75, 3.05) is 0 Å². The predicted octanol–water partition coefficient (Wildman–Crippen LogP) is 1.84. The summed E-state index contributed by atoms with van der Waals surface area (Å²) in [4.78, 5) is 11.8. The molecule has 0 saturated carbocycles. The third-order valence-corrected chi connectivity index (χ3v) is 2.18. The first kappa shape index (κ1) is 12.1. The number of phenolic OH excluding ortho intramolecular Hbond substituents is 1. The van der Waals surface area contributed by atoms with Gasteiger partial charge in [-0.3, -0.25) is 4.79 Å². The van der Waals surface area contributed by atoms with Crippen LogP contribution in [0.3, 0.4) is 0 Å². The number of rotatable bonds is 2. The van der Waals surface area contributed by atoms with E-state index < -0.39 is 5.54 Å². The zero-order valence-corrected chi connectivity index (χ0v) is 9.66. The molecule has 0 aromatic heterocycles. The highest BCUT2D eigenvalue weighted by Crippen LogP contribution is 2.18. The van der Waals surface area contributed by atoms with E-state index in [1.54, 1.807) is 26.0 Å². The third-order valence-electron chi connectivity index (χ3n) is 2.18. The molecule has 0 aliphatic heterocycles. The molecule has 1 rings (SSSR count). The van der Waals surface area contributed by atoms with E-state index in [-0.39, 0.29) is 17.2 Å². The van der Waals surface area contributed by atoms with Gasteiger partial charge in [-0.1, -0.05) is 12.0 Å². The Morgan fingerprint density at radius 1 is 1.50 bits per heavy atom. The van der Waals surface area contributed by atoms with Crippen molar-refractivity contribution in [3.05, 3.63) is 29.3 Å². The van der Waals surface area contributed by atoms with E-state index in [1.807, 2.05) is 6.92 Å². The Labute approximate surface area is 95.5 Å². The molecule has 16 heavy (non-hydrogen) atoms. The van der Waals surface area contributed by atoms with Crippen molar-refractivity contribution in [3.63, 3.8) is 0 Å². The molecule has 0 bridgehead atoms. The maximum Gasteiger partial charge on any atom is 0.256 e. The summed E-state index contributed by atoms with van der Waals surface area (Å²) in [6.07, 6.45) is 5.27. The minimum absolute atomic E-state index is 0.0367. The largest absolute Gasteiger partial charge is 0.507 e. The molecule has 1 aromatic rings. The lowest BCUT2D eigenvalue weighted by atomic mass is 10.1. The van der Waals surface area contributed by atoms with Gasteiger partial charge >= 0.3 is 0 Å². The zero-order valence-electron chi connectivity index (χ0n) is 9.66. The molecule has 0 aliphatic carbocycles. The summed E-state index contributed by atoms with van der Waals surface area (Å²) >= 11 is 0. The summed E-state index contributed by atoms with van der Waals surface area (Å²) in [5, 5.41) is 12.3. The van der Waals surface area contributed by atoms with Crippen LogP contribution in [0.2, 0.25) is 0 Å². The molecular formula is C13H15NO2. The van der Waals surface area contributed by atoms with Crippen molar-refractivity contribution in [1.82, 2.24) is 5.32 Å². The fraction of sp³-hybridized carbons (Fsp3) is 0.308. The SMILES string of the molecule is C#CC(C)(C)NC(=O)c1ccc(C)cc1O. The summed E-state index contributed by atoms with van der Waals surface area (Å²) in [6.45, 7) is 5.28. The Balaban J connectivity index is 2.95. The molecular weight excluding hydrogens is 202 g/mol. The van der Waals surface area contributed by atoms with Gasteiger partial charge in [0.15, 0.2) is 0 Å². The highest BCUT2D eigenvalue weighted by atomic mass is 16.3. The molecule has 0 radical (unpaired) electrons. The number of amides is 1. The van der Waals surface area contributed by atoms with Crippen LogP contribution >= 0.6 is 0 Å². The van der Waals surface area contributed by atoms with E-state index >= 15 is 0 Å². The number of aryl methyl sites for hydroxylation is 1. The Kier molecular flexibility index (Phi) is 3.24. The Hall–Kier alpha value is -1.95. The molecule has 3 heteroatoms. The molecule has 3 nitrogen and oxygen atoms in total. The highest BCUT2D eigenvalue weighted by Gasteiger charge is 2.19. The predicted molar refractivity (Wildman–Crippen MR) is 63.2 cm³/mol. The maximum atomic E-state index is 11.8. The summed E-state index contributed by atoms with van der Waals surface area (Å²) in [5.41, 5.74) is 0.396. The first-order valence-corrected chi connectivity index (χ1v) is 4.95. The molecule has 0 fully saturated rings. The smallest absolute Gasteiger partial charge is 0.256 e. The molecule has 0 aliphatic rings. The Morgan fingerprint density at radius 2 is 2.12 bits per heavy atom. The van der Waals surface area contributed by atoms with Crippen molar-refractivity contribution in [2.24, 2.45) is 0 Å². The van der Waals surface area contributed by atoms with Gasteiger partial charge in [0.25, 0.3) is 5.91 Å². The van der Waals surface area contributed by atoms with Crippen LogP contribution in [0.5, 0.6) is 5.75 Å². The number of hydrogen-bond acceptors (Lipinski definition) is 2. The van der Waals surface area contributed by atoms with Crippen molar-refractivity contribution in [3.8, 4) is 18.1 Å². The van der Waals surface area contributed by atoms with E-state index in [2.05, 4.69) is 11.2 Å². The zero-order chi connectivity index (χ0) is 12.3. The molecule has 84 valence electrons. The van der Waals surface area contributed by atoms with Crippen LogP contribution in [-0.4, -0.2) is 16.6 Å². The number of nitrogens with one attached hydrogen (secondary N) is 1. The summed E-state index contributed by atoms with van der Waals surface area (Å²) in [6, 6.07) is 4.88. The van der Waals surface area contributed by atoms with Crippen molar-refractivity contribution in [1.29, 1.82) is 0 Å². The summed E-state index contributed by atoms with van der Waals surface area (Å²) in [7, 11) is 0. The van der Waals surface area contributed by atoms with Crippen molar-refractivity contribution >= 4 is 5.91 Å². The molecule has 2 N–H and O–H groups in total. The summed E-state index contributed by atoms with van der Waals surface area (Å²) < 4.78 is 0. The highest BCUT2D eigenvalue weighted by molar-refractivity contribution is 5.97. The lowest BCUT2D eigenvalue weighted by Crippen LogP contribution is -2.42. The number of terminal acetylenes is 1. The molecule has 0 spiro atoms. The first-order valence-electron chi connectivity index (χ1n) is 4.95. The van der Waals surface area contributed by atoms with Gasteiger partial charge in [-0.2, -0.15) is 0 Å². The minimum Gasteiger partial charge on any atom is -0.507 e. The van der Waals surface area contributed by atoms with Gasteiger partial charge in [-0.15, -0.1) is 6.42 Å². The van der Waals surface area contributed by atoms with E-state index in [4.69, 9.17) is 6.42 Å². The normalized spacial score (nSPS) is 10.6. The second-order valence-electron chi connectivity index (χ2n) is 4.24. The molecule has 0 saturated heterocycles. The Bertz CT molecular complexity index is 455. The number of carbonyl (C=O) groups excluding carboxylic acids is 1. The minimum atomic E-state index is -0.728. The molecule has 1 amide bonds. The fourth-order valence-electron chi connectivity index (χ4n) is 1.22. The lowest BCUT2D eigenvalue weighted by molar-refractivity contribution is 0.0927. The van der Waals surface area contributed by atoms with Crippen LogP contribution in [-0.2, 0) is 0 Å². The standard InChI is InChI=1S/C13H15NO2/c1-5-13(3,4)14-12(16)10-7-6-9(2)8-11(10)15/h1,6-8,15H,2-4H3,(H,14,16). The maximum absolute atomic E-state index is 11.8. The topological polar surface area (TPSA) is 49.3 Å². The van der Waals surface area contributed by atoms with Gasteiger partial charge < -0.3 is 10.4 Å². The van der Waals surface area contributed by atoms with E-state index in [0.717, 1.165) is 5.56 Å². The van der Waals surface area contributed by atoms with Crippen molar-refractivity contribution in [2.45, 2.75) is 26.3 Å². The van der Waals surface area contributed by atoms with E-state index in [9.17, 15) is 9.90 Å². The van der Waals surface area contributed by atoms with Crippen LogP contribution in [0, 0.1) is 19.3 Å². The van der Waals surface area contributed by atoms with Crippen LogP contribution in [0.25, 0.3) is 0 Å². The second-order valence-corrected chi connectivity index (χ2v) is 4.24. The van der Waals surface area contributed by atoms with E-state index in [1.165, 1.54) is 6.07 Å². The molecule has 0 unspecified atom stereocenters. The van der Waals surface area contributed by atoms with Crippen LogP contribution in [0.1, 0.15) is 29.8 Å². The van der Waals surface area contributed by atoms with Gasteiger partial charge in [0.05, 0.1) is 11.1 Å². The van der Waals surface area contributed by atoms with Gasteiger partial charge in [0.2, 0.25) is 0 Å². The fourth-order valence-corrected chi connectivity index (χ4v) is 1.22. The number of carbonyl (C=O) groups is 1. The summed E-state index contributed by atoms with van der Waals surface area (Å²) in [5.74, 6) is 2.05. The van der Waals surface area contributed by atoms with Crippen LogP contribution in [0.15, 0.2) is 18.2 Å². The quantitative estimate of drug-likeness (QED) is 0.743. The number of hydrogen-bond donors (Lipinski definition) is 2. The number of benzene rings is 1. The second kappa shape index (κ2) is 4.28. The molecule has 0 heterocycles. The van der Waals surface area contributed by atoms with Gasteiger partial charge in [0.1, 0.15) is 5.75 Å². The van der Waals surface area contributed by atoms with Gasteiger partial charge in [-0.05, 0) is 38.5 Å². The third kappa shape index (κ3) is 2.77. The average molecular weight is 217 g/mol. The number of aromatic hydroxyl groups is 1. The van der Waals surface area contributed by atoms with Crippen molar-refractivity contribution < 1.29 is 9.90 Å². The van der Waals surface area contributed by atoms with Crippen LogP contribution in [0.4, 0.5) is 0 Å². The van der Waals surface area contributed by atoms with Gasteiger partial charge in [0, 0.05) is 0 Å². The molecule has 1 aromatic carbocycles. The van der Waals surface area contributed by atoms with Crippen LogP contribution < -0.4 is 5.32 Å². The Morgan fingerprint density at radius 3 is 2.62 bits per heavy atom. The monoisotopic (exact) mass is 217 g/mol.